The van der Waals surface area contributed by atoms with Gasteiger partial charge in [0.1, 0.15) is 0 Å². The third kappa shape index (κ3) is 2.46. The van der Waals surface area contributed by atoms with Crippen LogP contribution in [-0.4, -0.2) is 0 Å². The summed E-state index contributed by atoms with van der Waals surface area (Å²) in [5, 5.41) is 0. The number of benzene rings is 1. The SMILES string of the molecule is Cc1ccc(C)c([NH-])c1C.[Ac]. The van der Waals surface area contributed by atoms with Crippen molar-refractivity contribution in [1.82, 2.24) is 0 Å². The first-order valence-corrected chi connectivity index (χ1v) is 3.41. The van der Waals surface area contributed by atoms with Crippen molar-refractivity contribution in [3.8, 4) is 0 Å². The molecule has 0 aliphatic rings. The van der Waals surface area contributed by atoms with Crippen molar-refractivity contribution in [2.75, 3.05) is 0 Å². The largest absolute Gasteiger partial charge is 0.698 e. The Kier molecular flexibility index (Phi) is 4.67. The first kappa shape index (κ1) is 11.5. The zero-order chi connectivity index (χ0) is 7.72. The second kappa shape index (κ2) is 4.48. The van der Waals surface area contributed by atoms with Gasteiger partial charge < -0.3 is 5.73 Å². The van der Waals surface area contributed by atoms with Crippen LogP contribution in [0.5, 0.6) is 0 Å². The van der Waals surface area contributed by atoms with Gasteiger partial charge in [0.25, 0.3) is 0 Å². The smallest absolute Gasteiger partial charge is 0 e. The Balaban J connectivity index is 0.000001000. The molecular formula is C9H12AcN-. The Hall–Kier alpha value is 0.462. The molecule has 1 rings (SSSR count). The van der Waals surface area contributed by atoms with E-state index in [0.717, 1.165) is 11.1 Å². The maximum Gasteiger partial charge on any atom is 0 e. The second-order valence-electron chi connectivity index (χ2n) is 2.70. The third-order valence-corrected chi connectivity index (χ3v) is 1.94. The van der Waals surface area contributed by atoms with E-state index in [1.165, 1.54) is 5.56 Å². The van der Waals surface area contributed by atoms with Crippen LogP contribution in [0.25, 0.3) is 5.73 Å². The quantitative estimate of drug-likeness (QED) is 0.677. The van der Waals surface area contributed by atoms with Crippen molar-refractivity contribution >= 4 is 5.69 Å². The van der Waals surface area contributed by atoms with Gasteiger partial charge in [-0.1, -0.05) is 23.3 Å². The fraction of sp³-hybridized carbons (Fsp3) is 0.333. The number of hydrogen-bond donors (Lipinski definition) is 0. The summed E-state index contributed by atoms with van der Waals surface area (Å²) >= 11 is 0. The van der Waals surface area contributed by atoms with E-state index in [4.69, 9.17) is 5.73 Å². The van der Waals surface area contributed by atoms with E-state index in [1.54, 1.807) is 0 Å². The van der Waals surface area contributed by atoms with Crippen LogP contribution in [0.2, 0.25) is 0 Å². The summed E-state index contributed by atoms with van der Waals surface area (Å²) in [7, 11) is 0. The molecule has 0 saturated heterocycles. The van der Waals surface area contributed by atoms with Crippen LogP contribution in [0.15, 0.2) is 12.1 Å². The van der Waals surface area contributed by atoms with Crippen molar-refractivity contribution in [2.45, 2.75) is 20.8 Å². The van der Waals surface area contributed by atoms with Crippen molar-refractivity contribution in [2.24, 2.45) is 0 Å². The van der Waals surface area contributed by atoms with Crippen LogP contribution in [-0.2, 0) is 0 Å². The van der Waals surface area contributed by atoms with Gasteiger partial charge in [-0.3, -0.25) is 0 Å². The van der Waals surface area contributed by atoms with Crippen LogP contribution in [0.3, 0.4) is 0 Å². The molecule has 2 heteroatoms. The zero-order valence-corrected chi connectivity index (χ0v) is 12.0. The Bertz CT molecular complexity index is 229. The molecule has 0 heterocycles. The summed E-state index contributed by atoms with van der Waals surface area (Å²) in [6.07, 6.45) is 0. The molecule has 0 aromatic heterocycles. The molecule has 1 aromatic rings. The molecule has 0 fully saturated rings. The summed E-state index contributed by atoms with van der Waals surface area (Å²) in [6.45, 7) is 5.99. The van der Waals surface area contributed by atoms with Crippen LogP contribution >= 0.6 is 0 Å². The molecular weight excluding hydrogens is 349 g/mol. The predicted molar refractivity (Wildman–Crippen MR) is 44.6 cm³/mol. The molecule has 0 aliphatic carbocycles. The molecule has 0 amide bonds. The molecule has 0 spiro atoms. The molecule has 57 valence electrons. The number of rotatable bonds is 0. The van der Waals surface area contributed by atoms with Gasteiger partial charge in [0.05, 0.1) is 0 Å². The van der Waals surface area contributed by atoms with Gasteiger partial charge in [-0.05, 0) is 26.3 Å². The molecule has 11 heavy (non-hydrogen) atoms. The van der Waals surface area contributed by atoms with Gasteiger partial charge in [-0.2, -0.15) is 0 Å². The molecule has 1 nitrogen and oxygen atoms in total. The fourth-order valence-electron chi connectivity index (χ4n) is 0.951. The summed E-state index contributed by atoms with van der Waals surface area (Å²) in [5.41, 5.74) is 11.6. The minimum atomic E-state index is 0. The van der Waals surface area contributed by atoms with Crippen LogP contribution in [0.4, 0.5) is 5.69 Å². The van der Waals surface area contributed by atoms with Gasteiger partial charge in [0.2, 0.25) is 0 Å². The van der Waals surface area contributed by atoms with Gasteiger partial charge in [-0.25, -0.2) is 0 Å². The number of nitrogens with one attached hydrogen (secondary N) is 1. The van der Waals surface area contributed by atoms with Crippen molar-refractivity contribution < 1.29 is 44.1 Å². The Morgan fingerprint density at radius 1 is 1.00 bits per heavy atom. The van der Waals surface area contributed by atoms with E-state index in [1.807, 2.05) is 26.8 Å². The molecule has 0 unspecified atom stereocenters. The zero-order valence-electron chi connectivity index (χ0n) is 7.23. The van der Waals surface area contributed by atoms with Gasteiger partial charge >= 0.3 is 0 Å². The molecule has 0 aliphatic heterocycles. The molecule has 1 radical (unpaired) electrons. The Morgan fingerprint density at radius 2 is 1.45 bits per heavy atom. The Morgan fingerprint density at radius 3 is 1.91 bits per heavy atom. The standard InChI is InChI=1S/C9H12N.Ac/c1-6-4-5-7(2)9(10)8(6)3;/h4-5,10H,1-3H3;/q-1;. The fourth-order valence-corrected chi connectivity index (χ4v) is 0.951. The van der Waals surface area contributed by atoms with Crippen molar-refractivity contribution in [3.05, 3.63) is 34.6 Å². The van der Waals surface area contributed by atoms with Gasteiger partial charge in [0, 0.05) is 44.1 Å². The predicted octanol–water partition coefficient (Wildman–Crippen LogP) is 3.30. The number of hydrogen-bond acceptors (Lipinski definition) is 0. The first-order valence-electron chi connectivity index (χ1n) is 3.41. The van der Waals surface area contributed by atoms with Crippen molar-refractivity contribution in [1.29, 1.82) is 0 Å². The topological polar surface area (TPSA) is 23.8 Å². The first-order chi connectivity index (χ1) is 4.63. The monoisotopic (exact) mass is 361 g/mol. The van der Waals surface area contributed by atoms with Gasteiger partial charge in [0.15, 0.2) is 0 Å². The van der Waals surface area contributed by atoms with E-state index >= 15 is 0 Å². The average molecular weight is 361 g/mol. The molecule has 0 saturated carbocycles. The summed E-state index contributed by atoms with van der Waals surface area (Å²) in [6, 6.07) is 4.05. The van der Waals surface area contributed by atoms with E-state index in [0.29, 0.717) is 5.69 Å². The van der Waals surface area contributed by atoms with Crippen molar-refractivity contribution in [3.63, 3.8) is 0 Å². The van der Waals surface area contributed by atoms with Crippen LogP contribution < -0.4 is 0 Å². The van der Waals surface area contributed by atoms with E-state index < -0.39 is 0 Å². The van der Waals surface area contributed by atoms with Crippen LogP contribution in [0.1, 0.15) is 16.7 Å². The summed E-state index contributed by atoms with van der Waals surface area (Å²) < 4.78 is 0. The van der Waals surface area contributed by atoms with Crippen LogP contribution in [0, 0.1) is 64.8 Å². The van der Waals surface area contributed by atoms with E-state index in [-0.39, 0.29) is 44.1 Å². The maximum absolute atomic E-state index is 7.58. The van der Waals surface area contributed by atoms with E-state index in [9.17, 15) is 0 Å². The molecule has 1 aromatic carbocycles. The minimum Gasteiger partial charge on any atom is -0.698 e. The maximum atomic E-state index is 7.58. The normalized spacial score (nSPS) is 9.00. The Labute approximate surface area is 104 Å². The molecule has 0 atom stereocenters. The average Bonchev–Trinajstić information content (AvgIpc) is 1.93. The second-order valence-corrected chi connectivity index (χ2v) is 2.70. The van der Waals surface area contributed by atoms with E-state index in [2.05, 4.69) is 6.07 Å². The summed E-state index contributed by atoms with van der Waals surface area (Å²) in [4.78, 5) is 0. The summed E-state index contributed by atoms with van der Waals surface area (Å²) in [5.74, 6) is 0. The molecule has 0 bridgehead atoms. The molecule has 1 N–H and O–H groups in total. The number of aryl methyl sites for hydroxylation is 2. The van der Waals surface area contributed by atoms with Gasteiger partial charge in [-0.15, -0.1) is 5.69 Å². The minimum absolute atomic E-state index is 0. The third-order valence-electron chi connectivity index (χ3n) is 1.94.